The molecule has 0 bridgehead atoms. The number of aromatic nitrogens is 2. The summed E-state index contributed by atoms with van der Waals surface area (Å²) in [6.07, 6.45) is 6.07. The fourth-order valence-electron chi connectivity index (χ4n) is 1.08. The van der Waals surface area contributed by atoms with Gasteiger partial charge in [0, 0.05) is 17.0 Å². The third-order valence-electron chi connectivity index (χ3n) is 1.69. The second-order valence-electron chi connectivity index (χ2n) is 2.37. The van der Waals surface area contributed by atoms with Crippen LogP contribution in [0.3, 0.4) is 0 Å². The molecule has 11 heavy (non-hydrogen) atoms. The molecule has 0 amide bonds. The smallest absolute Gasteiger partial charge is 0.129 e. The highest BCUT2D eigenvalue weighted by molar-refractivity contribution is 8.02. The van der Waals surface area contributed by atoms with Gasteiger partial charge in [-0.05, 0) is 12.3 Å². The largest absolute Gasteiger partial charge is 0.365 e. The fraction of sp³-hybridized carbons (Fsp3) is 0.286. The first kappa shape index (κ1) is 6.79. The van der Waals surface area contributed by atoms with E-state index >= 15 is 0 Å². The molecule has 1 aromatic heterocycles. The fourth-order valence-corrected chi connectivity index (χ4v) is 1.54. The van der Waals surface area contributed by atoms with E-state index in [0.29, 0.717) is 0 Å². The summed E-state index contributed by atoms with van der Waals surface area (Å²) in [5.74, 6) is 1.03. The number of rotatable bonds is 1. The second kappa shape index (κ2) is 2.62. The summed E-state index contributed by atoms with van der Waals surface area (Å²) in [5.41, 5.74) is 1.15. The van der Waals surface area contributed by atoms with Gasteiger partial charge >= 0.3 is 0 Å². The Kier molecular flexibility index (Phi) is 1.62. The molecule has 1 aliphatic heterocycles. The average Bonchev–Trinajstić information content (AvgIpc) is 2.50. The van der Waals surface area contributed by atoms with Crippen molar-refractivity contribution in [3.05, 3.63) is 16.7 Å². The molecule has 0 unspecified atom stereocenters. The van der Waals surface area contributed by atoms with Crippen molar-refractivity contribution < 1.29 is 0 Å². The van der Waals surface area contributed by atoms with E-state index < -0.39 is 0 Å². The van der Waals surface area contributed by atoms with Crippen molar-refractivity contribution in [3.8, 4) is 0 Å². The first-order valence-electron chi connectivity index (χ1n) is 3.42. The van der Waals surface area contributed by atoms with Crippen LogP contribution in [0.15, 0.2) is 11.1 Å². The van der Waals surface area contributed by atoms with Gasteiger partial charge in [0.05, 0.1) is 6.20 Å². The molecule has 2 N–H and O–H groups in total. The molecule has 4 heteroatoms. The number of hydrogen-bond donors (Lipinski definition) is 2. The molecular weight excluding hydrogens is 158 g/mol. The monoisotopic (exact) mass is 167 g/mol. The van der Waals surface area contributed by atoms with Gasteiger partial charge in [0.1, 0.15) is 5.82 Å². The van der Waals surface area contributed by atoms with Crippen molar-refractivity contribution in [2.75, 3.05) is 18.1 Å². The first-order valence-corrected chi connectivity index (χ1v) is 4.64. The Morgan fingerprint density at radius 2 is 2.55 bits per heavy atom. The predicted octanol–water partition coefficient (Wildman–Crippen LogP) is 1.54. The maximum Gasteiger partial charge on any atom is 0.129 e. The number of nitrogens with one attached hydrogen (secondary N) is 2. The van der Waals surface area contributed by atoms with Crippen LogP contribution in [0, 0.1) is 0 Å². The Bertz CT molecular complexity index is 290. The zero-order valence-corrected chi connectivity index (χ0v) is 7.03. The SMILES string of the molecule is CSC1=Cc2cn[nH]c2NC1. The predicted molar refractivity (Wildman–Crippen MR) is 48.6 cm³/mol. The van der Waals surface area contributed by atoms with Gasteiger partial charge in [-0.15, -0.1) is 11.8 Å². The Hall–Kier alpha value is -0.900. The third kappa shape index (κ3) is 1.14. The highest BCUT2D eigenvalue weighted by Crippen LogP contribution is 2.25. The van der Waals surface area contributed by atoms with Crippen molar-refractivity contribution in [2.24, 2.45) is 0 Å². The molecular formula is C7H9N3S. The van der Waals surface area contributed by atoms with Gasteiger partial charge in [0.2, 0.25) is 0 Å². The molecule has 0 spiro atoms. The molecule has 0 atom stereocenters. The Morgan fingerprint density at radius 1 is 1.64 bits per heavy atom. The number of thioether (sulfide) groups is 1. The standard InChI is InChI=1S/C7H9N3S/c1-11-6-2-5-3-9-10-7(5)8-4-6/h2-3H,4H2,1H3,(H2,8,9,10). The van der Waals surface area contributed by atoms with Crippen LogP contribution >= 0.6 is 11.8 Å². The van der Waals surface area contributed by atoms with Crippen molar-refractivity contribution in [1.82, 2.24) is 10.2 Å². The van der Waals surface area contributed by atoms with Crippen molar-refractivity contribution >= 4 is 23.7 Å². The van der Waals surface area contributed by atoms with Crippen LogP contribution in [-0.4, -0.2) is 23.0 Å². The van der Waals surface area contributed by atoms with Crippen LogP contribution < -0.4 is 5.32 Å². The minimum absolute atomic E-state index is 0.913. The minimum Gasteiger partial charge on any atom is -0.365 e. The van der Waals surface area contributed by atoms with Crippen molar-refractivity contribution in [3.63, 3.8) is 0 Å². The van der Waals surface area contributed by atoms with Gasteiger partial charge in [-0.2, -0.15) is 5.10 Å². The van der Waals surface area contributed by atoms with E-state index in [9.17, 15) is 0 Å². The molecule has 0 saturated heterocycles. The molecule has 2 rings (SSSR count). The van der Waals surface area contributed by atoms with Gasteiger partial charge in [0.15, 0.2) is 0 Å². The quantitative estimate of drug-likeness (QED) is 0.666. The lowest BCUT2D eigenvalue weighted by Gasteiger charge is -2.12. The van der Waals surface area contributed by atoms with Crippen LogP contribution in [-0.2, 0) is 0 Å². The lowest BCUT2D eigenvalue weighted by atomic mass is 10.2. The molecule has 58 valence electrons. The maximum atomic E-state index is 3.93. The maximum absolute atomic E-state index is 3.93. The molecule has 0 saturated carbocycles. The van der Waals surface area contributed by atoms with E-state index in [0.717, 1.165) is 17.9 Å². The number of aromatic amines is 1. The molecule has 1 aliphatic rings. The molecule has 0 radical (unpaired) electrons. The summed E-state index contributed by atoms with van der Waals surface area (Å²) in [7, 11) is 0. The molecule has 1 aromatic rings. The highest BCUT2D eigenvalue weighted by Gasteiger charge is 2.09. The van der Waals surface area contributed by atoms with Gasteiger partial charge < -0.3 is 5.32 Å². The van der Waals surface area contributed by atoms with Crippen LogP contribution in [0.25, 0.3) is 6.08 Å². The molecule has 0 aliphatic carbocycles. The first-order chi connectivity index (χ1) is 5.40. The van der Waals surface area contributed by atoms with E-state index in [4.69, 9.17) is 0 Å². The van der Waals surface area contributed by atoms with Gasteiger partial charge in [-0.25, -0.2) is 0 Å². The number of nitrogens with zero attached hydrogens (tertiary/aromatic N) is 1. The van der Waals surface area contributed by atoms with Crippen LogP contribution in [0.1, 0.15) is 5.56 Å². The van der Waals surface area contributed by atoms with Crippen molar-refractivity contribution in [2.45, 2.75) is 0 Å². The zero-order valence-electron chi connectivity index (χ0n) is 6.22. The lowest BCUT2D eigenvalue weighted by Crippen LogP contribution is -2.07. The minimum atomic E-state index is 0.913. The van der Waals surface area contributed by atoms with E-state index in [-0.39, 0.29) is 0 Å². The van der Waals surface area contributed by atoms with Crippen LogP contribution in [0.2, 0.25) is 0 Å². The summed E-state index contributed by atoms with van der Waals surface area (Å²) in [4.78, 5) is 1.35. The second-order valence-corrected chi connectivity index (χ2v) is 3.30. The summed E-state index contributed by atoms with van der Waals surface area (Å²) in [6.45, 7) is 0.913. The third-order valence-corrected chi connectivity index (χ3v) is 2.47. The highest BCUT2D eigenvalue weighted by atomic mass is 32.2. The van der Waals surface area contributed by atoms with E-state index in [2.05, 4.69) is 27.8 Å². The zero-order chi connectivity index (χ0) is 7.68. The van der Waals surface area contributed by atoms with Gasteiger partial charge in [0.25, 0.3) is 0 Å². The number of H-pyrrole nitrogens is 1. The summed E-state index contributed by atoms with van der Waals surface area (Å²) in [5, 5.41) is 10.1. The summed E-state index contributed by atoms with van der Waals surface area (Å²) < 4.78 is 0. The average molecular weight is 167 g/mol. The number of anilines is 1. The van der Waals surface area contributed by atoms with Crippen LogP contribution in [0.5, 0.6) is 0 Å². The molecule has 2 heterocycles. The van der Waals surface area contributed by atoms with E-state index in [1.807, 2.05) is 6.20 Å². The summed E-state index contributed by atoms with van der Waals surface area (Å²) in [6, 6.07) is 0. The van der Waals surface area contributed by atoms with Crippen LogP contribution in [0.4, 0.5) is 5.82 Å². The van der Waals surface area contributed by atoms with Gasteiger partial charge in [-0.3, -0.25) is 5.10 Å². The number of fused-ring (bicyclic) bond motifs is 1. The van der Waals surface area contributed by atoms with E-state index in [1.54, 1.807) is 11.8 Å². The molecule has 0 aromatic carbocycles. The van der Waals surface area contributed by atoms with Gasteiger partial charge in [-0.1, -0.05) is 0 Å². The lowest BCUT2D eigenvalue weighted by molar-refractivity contribution is 1.08. The Balaban J connectivity index is 2.37. The topological polar surface area (TPSA) is 40.7 Å². The van der Waals surface area contributed by atoms with Crippen molar-refractivity contribution in [1.29, 1.82) is 0 Å². The van der Waals surface area contributed by atoms with E-state index in [1.165, 1.54) is 4.91 Å². The number of hydrogen-bond acceptors (Lipinski definition) is 3. The normalized spacial score (nSPS) is 15.2. The summed E-state index contributed by atoms with van der Waals surface area (Å²) >= 11 is 1.77. The Labute approximate surface area is 69.3 Å². The molecule has 3 nitrogen and oxygen atoms in total. The molecule has 0 fully saturated rings. The Morgan fingerprint density at radius 3 is 3.36 bits per heavy atom.